The Morgan fingerprint density at radius 2 is 2.44 bits per heavy atom. The Labute approximate surface area is 98.5 Å². The lowest BCUT2D eigenvalue weighted by Gasteiger charge is -2.28. The van der Waals surface area contributed by atoms with E-state index in [9.17, 15) is 4.79 Å². The third kappa shape index (κ3) is 2.01. The molecule has 2 rings (SSSR count). The van der Waals surface area contributed by atoms with Crippen LogP contribution in [0.3, 0.4) is 0 Å². The molecule has 0 radical (unpaired) electrons. The van der Waals surface area contributed by atoms with Gasteiger partial charge in [0.15, 0.2) is 5.11 Å². The second-order valence-electron chi connectivity index (χ2n) is 3.68. The molecule has 0 bridgehead atoms. The average Bonchev–Trinajstić information content (AvgIpc) is 2.67. The summed E-state index contributed by atoms with van der Waals surface area (Å²) in [4.78, 5) is 13.4. The molecule has 5 nitrogen and oxygen atoms in total. The second-order valence-corrected chi connectivity index (χ2v) is 4.07. The van der Waals surface area contributed by atoms with Gasteiger partial charge in [-0.1, -0.05) is 6.08 Å². The Kier molecular flexibility index (Phi) is 3.09. The van der Waals surface area contributed by atoms with Gasteiger partial charge in [-0.2, -0.15) is 0 Å². The molecule has 3 N–H and O–H groups in total. The van der Waals surface area contributed by atoms with Crippen LogP contribution in [0.4, 0.5) is 0 Å². The number of hydrogen-bond donors (Lipinski definition) is 3. The van der Waals surface area contributed by atoms with Gasteiger partial charge in [-0.15, -0.1) is 6.58 Å². The number of aromatic amines is 2. The van der Waals surface area contributed by atoms with Crippen molar-refractivity contribution in [3.63, 3.8) is 0 Å². The molecule has 1 aromatic heterocycles. The van der Waals surface area contributed by atoms with Crippen LogP contribution in [-0.2, 0) is 13.0 Å². The van der Waals surface area contributed by atoms with Crippen LogP contribution in [0, 0.1) is 0 Å². The molecule has 16 heavy (non-hydrogen) atoms. The van der Waals surface area contributed by atoms with E-state index in [0.717, 1.165) is 24.2 Å². The first-order chi connectivity index (χ1) is 7.72. The van der Waals surface area contributed by atoms with Crippen LogP contribution in [-0.4, -0.2) is 33.3 Å². The molecule has 0 atom stereocenters. The molecule has 86 valence electrons. The zero-order valence-corrected chi connectivity index (χ0v) is 9.69. The maximum Gasteiger partial charge on any atom is 0.269 e. The van der Waals surface area contributed by atoms with Crippen molar-refractivity contribution < 1.29 is 0 Å². The molecule has 0 saturated carbocycles. The number of nitrogens with one attached hydrogen (secondary N) is 3. The van der Waals surface area contributed by atoms with Crippen molar-refractivity contribution in [1.82, 2.24) is 20.4 Å². The normalized spacial score (nSPS) is 14.4. The smallest absolute Gasteiger partial charge is 0.269 e. The molecule has 0 spiro atoms. The second kappa shape index (κ2) is 4.52. The third-order valence-electron chi connectivity index (χ3n) is 2.63. The van der Waals surface area contributed by atoms with Crippen LogP contribution in [0.2, 0.25) is 0 Å². The first-order valence-corrected chi connectivity index (χ1v) is 5.55. The molecule has 0 unspecified atom stereocenters. The summed E-state index contributed by atoms with van der Waals surface area (Å²) in [5.74, 6) is 0. The number of aromatic nitrogens is 2. The van der Waals surface area contributed by atoms with Gasteiger partial charge < -0.3 is 15.3 Å². The number of hydrogen-bond acceptors (Lipinski definition) is 2. The van der Waals surface area contributed by atoms with Crippen LogP contribution in [0.5, 0.6) is 0 Å². The van der Waals surface area contributed by atoms with Gasteiger partial charge in [0.2, 0.25) is 0 Å². The van der Waals surface area contributed by atoms with E-state index in [2.05, 4.69) is 22.1 Å². The van der Waals surface area contributed by atoms with Gasteiger partial charge in [-0.3, -0.25) is 9.89 Å². The van der Waals surface area contributed by atoms with Crippen molar-refractivity contribution in [2.45, 2.75) is 13.0 Å². The summed E-state index contributed by atoms with van der Waals surface area (Å²) < 4.78 is 0. The van der Waals surface area contributed by atoms with E-state index in [4.69, 9.17) is 12.2 Å². The highest BCUT2D eigenvalue weighted by Gasteiger charge is 2.21. The van der Waals surface area contributed by atoms with Crippen molar-refractivity contribution in [2.75, 3.05) is 13.1 Å². The molecule has 1 aromatic rings. The van der Waals surface area contributed by atoms with E-state index >= 15 is 0 Å². The van der Waals surface area contributed by atoms with E-state index in [1.165, 1.54) is 0 Å². The van der Waals surface area contributed by atoms with E-state index in [1.54, 1.807) is 6.08 Å². The van der Waals surface area contributed by atoms with Gasteiger partial charge in [0, 0.05) is 25.2 Å². The van der Waals surface area contributed by atoms with Gasteiger partial charge in [-0.25, -0.2) is 0 Å². The summed E-state index contributed by atoms with van der Waals surface area (Å²) >= 11 is 5.23. The molecule has 0 fully saturated rings. The number of thiocarbonyl (C=S) groups is 1. The Morgan fingerprint density at radius 1 is 1.62 bits per heavy atom. The van der Waals surface area contributed by atoms with Crippen LogP contribution in [0.15, 0.2) is 17.4 Å². The van der Waals surface area contributed by atoms with Crippen LogP contribution >= 0.6 is 12.2 Å². The monoisotopic (exact) mass is 238 g/mol. The van der Waals surface area contributed by atoms with E-state index in [0.29, 0.717) is 18.2 Å². The Balaban J connectivity index is 2.07. The summed E-state index contributed by atoms with van der Waals surface area (Å²) in [5.41, 5.74) is 1.73. The molecule has 0 saturated heterocycles. The molecular formula is C10H14N4OS. The lowest BCUT2D eigenvalue weighted by molar-refractivity contribution is 0.386. The van der Waals surface area contributed by atoms with Crippen LogP contribution < -0.4 is 10.9 Å². The molecular weight excluding hydrogens is 224 g/mol. The summed E-state index contributed by atoms with van der Waals surface area (Å²) in [6.07, 6.45) is 2.56. The zero-order valence-electron chi connectivity index (χ0n) is 8.88. The number of H-pyrrole nitrogens is 2. The minimum atomic E-state index is -0.0498. The number of fused-ring (bicyclic) bond motifs is 1. The molecule has 1 aliphatic heterocycles. The highest BCUT2D eigenvalue weighted by molar-refractivity contribution is 7.80. The van der Waals surface area contributed by atoms with Gasteiger partial charge in [0.25, 0.3) is 5.56 Å². The van der Waals surface area contributed by atoms with Crippen LogP contribution in [0.25, 0.3) is 0 Å². The van der Waals surface area contributed by atoms with Gasteiger partial charge in [0.05, 0.1) is 12.1 Å². The number of nitrogens with zero attached hydrogens (tertiary/aromatic N) is 1. The molecule has 6 heteroatoms. The topological polar surface area (TPSA) is 63.9 Å². The zero-order chi connectivity index (χ0) is 11.5. The van der Waals surface area contributed by atoms with E-state index < -0.39 is 0 Å². The Hall–Kier alpha value is -1.56. The van der Waals surface area contributed by atoms with E-state index in [-0.39, 0.29) is 5.56 Å². The van der Waals surface area contributed by atoms with Crippen LogP contribution in [0.1, 0.15) is 11.3 Å². The quantitative estimate of drug-likeness (QED) is 0.506. The minimum Gasteiger partial charge on any atom is -0.359 e. The standard InChI is InChI=1S/C10H14N4OS/c1-2-4-11-10(16)14-5-3-8-7(6-14)9(15)13-12-8/h2H,1,3-6H2,(H,11,16)(H2,12,13,15). The third-order valence-corrected chi connectivity index (χ3v) is 3.03. The summed E-state index contributed by atoms with van der Waals surface area (Å²) in [5, 5.41) is 9.21. The molecule has 0 amide bonds. The highest BCUT2D eigenvalue weighted by Crippen LogP contribution is 2.12. The van der Waals surface area contributed by atoms with Crippen molar-refractivity contribution >= 4 is 17.3 Å². The maximum atomic E-state index is 11.5. The van der Waals surface area contributed by atoms with Crippen molar-refractivity contribution in [3.05, 3.63) is 34.3 Å². The summed E-state index contributed by atoms with van der Waals surface area (Å²) in [7, 11) is 0. The molecule has 0 aliphatic carbocycles. The Morgan fingerprint density at radius 3 is 3.19 bits per heavy atom. The van der Waals surface area contributed by atoms with Crippen molar-refractivity contribution in [3.8, 4) is 0 Å². The van der Waals surface area contributed by atoms with Crippen molar-refractivity contribution in [1.29, 1.82) is 0 Å². The Bertz CT molecular complexity index is 462. The lowest BCUT2D eigenvalue weighted by atomic mass is 10.1. The predicted molar refractivity (Wildman–Crippen MR) is 66.3 cm³/mol. The fourth-order valence-corrected chi connectivity index (χ4v) is 2.00. The lowest BCUT2D eigenvalue weighted by Crippen LogP contribution is -2.43. The molecule has 1 aliphatic rings. The van der Waals surface area contributed by atoms with E-state index in [1.807, 2.05) is 4.90 Å². The molecule has 2 heterocycles. The fourth-order valence-electron chi connectivity index (χ4n) is 1.76. The predicted octanol–water partition coefficient (Wildman–Crippen LogP) is 0.122. The SMILES string of the molecule is C=CCNC(=S)N1CCc2[nH][nH]c(=O)c2C1. The molecule has 0 aromatic carbocycles. The number of rotatable bonds is 2. The van der Waals surface area contributed by atoms with Gasteiger partial charge >= 0.3 is 0 Å². The first kappa shape index (κ1) is 10.9. The van der Waals surface area contributed by atoms with Gasteiger partial charge in [-0.05, 0) is 12.2 Å². The first-order valence-electron chi connectivity index (χ1n) is 5.14. The minimum absolute atomic E-state index is 0.0498. The van der Waals surface area contributed by atoms with Crippen molar-refractivity contribution in [2.24, 2.45) is 0 Å². The summed E-state index contributed by atoms with van der Waals surface area (Å²) in [6, 6.07) is 0. The highest BCUT2D eigenvalue weighted by atomic mass is 32.1. The van der Waals surface area contributed by atoms with Gasteiger partial charge in [0.1, 0.15) is 0 Å². The summed E-state index contributed by atoms with van der Waals surface area (Å²) in [6.45, 7) is 5.65. The maximum absolute atomic E-state index is 11.5. The average molecular weight is 238 g/mol. The largest absolute Gasteiger partial charge is 0.359 e. The fraction of sp³-hybridized carbons (Fsp3) is 0.400.